The molecule has 1 fully saturated rings. The molecule has 2 atom stereocenters. The predicted molar refractivity (Wildman–Crippen MR) is 74.5 cm³/mol. The molecule has 0 spiro atoms. The fourth-order valence-corrected chi connectivity index (χ4v) is 2.72. The topological polar surface area (TPSA) is 64.4 Å². The predicted octanol–water partition coefficient (Wildman–Crippen LogP) is 3.27. The van der Waals surface area contributed by atoms with Gasteiger partial charge in [-0.15, -0.1) is 0 Å². The van der Waals surface area contributed by atoms with Crippen molar-refractivity contribution in [3.05, 3.63) is 33.9 Å². The molecule has 2 unspecified atom stereocenters. The minimum absolute atomic E-state index is 0.165. The summed E-state index contributed by atoms with van der Waals surface area (Å²) in [5.41, 5.74) is 1.71. The minimum atomic E-state index is -0.338. The van der Waals surface area contributed by atoms with E-state index < -0.39 is 0 Å². The minimum Gasteiger partial charge on any atom is -0.382 e. The number of nitro benzene ring substituents is 1. The highest BCUT2D eigenvalue weighted by molar-refractivity contribution is 5.60. The van der Waals surface area contributed by atoms with Crippen LogP contribution in [0, 0.1) is 17.0 Å². The third-order valence-electron chi connectivity index (χ3n) is 3.56. The van der Waals surface area contributed by atoms with Gasteiger partial charge in [-0.1, -0.05) is 6.07 Å². The highest BCUT2D eigenvalue weighted by Gasteiger charge is 2.25. The molecule has 0 saturated carbocycles. The Hall–Kier alpha value is -1.62. The molecule has 1 N–H and O–H groups in total. The molecule has 1 aliphatic rings. The molecule has 19 heavy (non-hydrogen) atoms. The molecule has 2 rings (SSSR count). The second-order valence-corrected chi connectivity index (χ2v) is 5.28. The number of rotatable bonds is 3. The smallest absolute Gasteiger partial charge is 0.274 e. The van der Waals surface area contributed by atoms with E-state index in [2.05, 4.69) is 19.2 Å². The summed E-state index contributed by atoms with van der Waals surface area (Å²) in [6.07, 6.45) is 2.29. The monoisotopic (exact) mass is 264 g/mol. The second kappa shape index (κ2) is 5.57. The Morgan fingerprint density at radius 1 is 1.32 bits per heavy atom. The van der Waals surface area contributed by atoms with Crippen LogP contribution in [-0.4, -0.2) is 23.2 Å². The quantitative estimate of drug-likeness (QED) is 0.672. The molecule has 1 aromatic carbocycles. The van der Waals surface area contributed by atoms with Crippen molar-refractivity contribution in [3.63, 3.8) is 0 Å². The van der Waals surface area contributed by atoms with Crippen LogP contribution in [0.15, 0.2) is 18.2 Å². The van der Waals surface area contributed by atoms with E-state index in [1.165, 1.54) is 6.07 Å². The van der Waals surface area contributed by atoms with Gasteiger partial charge in [-0.05, 0) is 39.7 Å². The van der Waals surface area contributed by atoms with E-state index in [4.69, 9.17) is 4.74 Å². The van der Waals surface area contributed by atoms with Gasteiger partial charge in [0.1, 0.15) is 0 Å². The summed E-state index contributed by atoms with van der Waals surface area (Å²) in [7, 11) is 0. The first-order chi connectivity index (χ1) is 8.97. The van der Waals surface area contributed by atoms with Crippen LogP contribution in [0.3, 0.4) is 0 Å². The van der Waals surface area contributed by atoms with Crippen LogP contribution < -0.4 is 5.32 Å². The molecular weight excluding hydrogens is 244 g/mol. The Kier molecular flexibility index (Phi) is 4.04. The number of nitrogens with zero attached hydrogens (tertiary/aromatic N) is 1. The van der Waals surface area contributed by atoms with Crippen molar-refractivity contribution in [1.82, 2.24) is 0 Å². The van der Waals surface area contributed by atoms with Crippen LogP contribution in [0.1, 0.15) is 32.3 Å². The van der Waals surface area contributed by atoms with Gasteiger partial charge in [0, 0.05) is 23.4 Å². The van der Waals surface area contributed by atoms with E-state index in [0.29, 0.717) is 11.6 Å². The Morgan fingerprint density at radius 3 is 2.53 bits per heavy atom. The maximum Gasteiger partial charge on any atom is 0.274 e. The van der Waals surface area contributed by atoms with E-state index in [1.54, 1.807) is 13.0 Å². The average molecular weight is 264 g/mol. The van der Waals surface area contributed by atoms with Crippen LogP contribution in [0.4, 0.5) is 11.4 Å². The molecule has 104 valence electrons. The fraction of sp³-hybridized carbons (Fsp3) is 0.571. The molecule has 0 aliphatic carbocycles. The zero-order chi connectivity index (χ0) is 14.0. The van der Waals surface area contributed by atoms with Gasteiger partial charge in [0.25, 0.3) is 5.69 Å². The lowest BCUT2D eigenvalue weighted by Gasteiger charge is -2.33. The summed E-state index contributed by atoms with van der Waals surface area (Å²) in [6.45, 7) is 5.90. The van der Waals surface area contributed by atoms with Crippen molar-refractivity contribution >= 4 is 11.4 Å². The molecule has 1 heterocycles. The summed E-state index contributed by atoms with van der Waals surface area (Å²) in [6, 6.07) is 5.46. The first-order valence-corrected chi connectivity index (χ1v) is 6.63. The molecule has 1 aliphatic heterocycles. The van der Waals surface area contributed by atoms with Crippen LogP contribution in [0.5, 0.6) is 0 Å². The number of benzene rings is 1. The van der Waals surface area contributed by atoms with Crippen molar-refractivity contribution in [2.24, 2.45) is 0 Å². The van der Waals surface area contributed by atoms with Crippen LogP contribution in [-0.2, 0) is 4.74 Å². The van der Waals surface area contributed by atoms with Gasteiger partial charge in [-0.3, -0.25) is 10.1 Å². The highest BCUT2D eigenvalue weighted by atomic mass is 16.6. The Balaban J connectivity index is 2.15. The Labute approximate surface area is 113 Å². The zero-order valence-corrected chi connectivity index (χ0v) is 11.6. The molecule has 0 aromatic heterocycles. The lowest BCUT2D eigenvalue weighted by Crippen LogP contribution is -2.37. The second-order valence-electron chi connectivity index (χ2n) is 5.28. The van der Waals surface area contributed by atoms with E-state index >= 15 is 0 Å². The van der Waals surface area contributed by atoms with Gasteiger partial charge in [0.05, 0.1) is 17.1 Å². The third-order valence-corrected chi connectivity index (χ3v) is 3.56. The summed E-state index contributed by atoms with van der Waals surface area (Å²) in [5.74, 6) is 0. The third kappa shape index (κ3) is 3.23. The number of ether oxygens (including phenoxy) is 1. The van der Waals surface area contributed by atoms with Gasteiger partial charge in [-0.2, -0.15) is 0 Å². The molecule has 0 radical (unpaired) electrons. The molecule has 5 heteroatoms. The molecule has 1 saturated heterocycles. The number of hydrogen-bond donors (Lipinski definition) is 1. The maximum absolute atomic E-state index is 10.9. The molecule has 5 nitrogen and oxygen atoms in total. The van der Waals surface area contributed by atoms with Crippen molar-refractivity contribution in [1.29, 1.82) is 0 Å². The van der Waals surface area contributed by atoms with Gasteiger partial charge < -0.3 is 10.1 Å². The summed E-state index contributed by atoms with van der Waals surface area (Å²) < 4.78 is 5.70. The van der Waals surface area contributed by atoms with E-state index in [-0.39, 0.29) is 22.8 Å². The van der Waals surface area contributed by atoms with Crippen LogP contribution in [0.2, 0.25) is 0 Å². The van der Waals surface area contributed by atoms with Crippen LogP contribution in [0.25, 0.3) is 0 Å². The van der Waals surface area contributed by atoms with Crippen molar-refractivity contribution in [2.45, 2.75) is 51.9 Å². The fourth-order valence-electron chi connectivity index (χ4n) is 2.72. The maximum atomic E-state index is 10.9. The SMILES string of the molecule is Cc1c(NC2CC(C)OC(C)C2)cccc1[N+](=O)[O-]. The largest absolute Gasteiger partial charge is 0.382 e. The van der Waals surface area contributed by atoms with Crippen molar-refractivity contribution in [2.75, 3.05) is 5.32 Å². The van der Waals surface area contributed by atoms with E-state index in [0.717, 1.165) is 18.5 Å². The van der Waals surface area contributed by atoms with Crippen LogP contribution >= 0.6 is 0 Å². The van der Waals surface area contributed by atoms with Gasteiger partial charge >= 0.3 is 0 Å². The van der Waals surface area contributed by atoms with Gasteiger partial charge in [-0.25, -0.2) is 0 Å². The van der Waals surface area contributed by atoms with Crippen molar-refractivity contribution in [3.8, 4) is 0 Å². The van der Waals surface area contributed by atoms with Gasteiger partial charge in [0.15, 0.2) is 0 Å². The lowest BCUT2D eigenvalue weighted by atomic mass is 9.99. The normalized spacial score (nSPS) is 27.0. The number of anilines is 1. The number of nitro groups is 1. The standard InChI is InChI=1S/C14H20N2O3/c1-9-7-12(8-10(2)19-9)15-13-5-4-6-14(11(13)3)16(17)18/h4-6,9-10,12,15H,7-8H2,1-3H3. The van der Waals surface area contributed by atoms with E-state index in [9.17, 15) is 10.1 Å². The van der Waals surface area contributed by atoms with E-state index in [1.807, 2.05) is 6.07 Å². The molecule has 0 amide bonds. The van der Waals surface area contributed by atoms with Crippen molar-refractivity contribution < 1.29 is 9.66 Å². The molecular formula is C14H20N2O3. The summed E-state index contributed by atoms with van der Waals surface area (Å²) >= 11 is 0. The molecule has 0 bridgehead atoms. The first-order valence-electron chi connectivity index (χ1n) is 6.63. The average Bonchev–Trinajstić information content (AvgIpc) is 2.30. The Bertz CT molecular complexity index is 466. The number of hydrogen-bond acceptors (Lipinski definition) is 4. The highest BCUT2D eigenvalue weighted by Crippen LogP contribution is 2.28. The summed E-state index contributed by atoms with van der Waals surface area (Å²) in [4.78, 5) is 10.6. The zero-order valence-electron chi connectivity index (χ0n) is 11.6. The lowest BCUT2D eigenvalue weighted by molar-refractivity contribution is -0.385. The first kappa shape index (κ1) is 13.8. The number of nitrogens with one attached hydrogen (secondary N) is 1. The molecule has 1 aromatic rings. The van der Waals surface area contributed by atoms with Gasteiger partial charge in [0.2, 0.25) is 0 Å². The summed E-state index contributed by atoms with van der Waals surface area (Å²) in [5, 5.41) is 14.3. The Morgan fingerprint density at radius 2 is 1.95 bits per heavy atom.